The molecule has 1 amide bonds. The number of aromatic nitrogens is 2. The molecule has 2 aromatic rings. The van der Waals surface area contributed by atoms with Gasteiger partial charge in [-0.15, -0.1) is 0 Å². The van der Waals surface area contributed by atoms with Gasteiger partial charge < -0.3 is 15.6 Å². The lowest BCUT2D eigenvalue weighted by Crippen LogP contribution is -2.31. The molecule has 5 nitrogen and oxygen atoms in total. The van der Waals surface area contributed by atoms with Crippen LogP contribution >= 0.6 is 0 Å². The lowest BCUT2D eigenvalue weighted by atomic mass is 10.3. The Morgan fingerprint density at radius 1 is 1.50 bits per heavy atom. The number of carbonyl (C=O) groups excluding carboxylic acids is 1. The Bertz CT molecular complexity index is 591. The second-order valence-corrected chi connectivity index (χ2v) is 4.44. The molecule has 0 bridgehead atoms. The molecular formula is C12H13FN4O. The van der Waals surface area contributed by atoms with Gasteiger partial charge in [-0.25, -0.2) is 9.37 Å². The number of hydrogen-bond acceptors (Lipinski definition) is 3. The zero-order chi connectivity index (χ0) is 12.5. The highest BCUT2D eigenvalue weighted by Gasteiger charge is 2.22. The fraction of sp³-hybridized carbons (Fsp3) is 0.333. The highest BCUT2D eigenvalue weighted by atomic mass is 19.1. The van der Waals surface area contributed by atoms with Gasteiger partial charge in [0.1, 0.15) is 5.82 Å². The summed E-state index contributed by atoms with van der Waals surface area (Å²) in [6, 6.07) is 4.67. The van der Waals surface area contributed by atoms with Crippen LogP contribution in [0.4, 0.5) is 10.3 Å². The topological polar surface area (TPSA) is 69.8 Å². The highest BCUT2D eigenvalue weighted by molar-refractivity contribution is 5.82. The Kier molecular flexibility index (Phi) is 2.62. The summed E-state index contributed by atoms with van der Waals surface area (Å²) < 4.78 is 13.0. The van der Waals surface area contributed by atoms with Crippen LogP contribution in [0.15, 0.2) is 18.2 Å². The smallest absolute Gasteiger partial charge is 0.239 e. The summed E-state index contributed by atoms with van der Waals surface area (Å²) in [5.74, 6) is 0.106. The molecule has 1 fully saturated rings. The summed E-state index contributed by atoms with van der Waals surface area (Å²) in [6.07, 6.45) is 2.13. The van der Waals surface area contributed by atoms with Crippen molar-refractivity contribution in [1.82, 2.24) is 15.3 Å². The van der Waals surface area contributed by atoms with Crippen molar-refractivity contribution >= 4 is 22.9 Å². The minimum Gasteiger partial charge on any atom is -0.352 e. The Labute approximate surface area is 103 Å². The first kappa shape index (κ1) is 11.0. The van der Waals surface area contributed by atoms with Crippen LogP contribution in [0.1, 0.15) is 12.8 Å². The summed E-state index contributed by atoms with van der Waals surface area (Å²) in [5, 5.41) is 5.75. The molecule has 18 heavy (non-hydrogen) atoms. The summed E-state index contributed by atoms with van der Waals surface area (Å²) in [7, 11) is 0. The van der Waals surface area contributed by atoms with E-state index in [0.29, 0.717) is 23.0 Å². The molecule has 1 heterocycles. The number of aromatic amines is 1. The normalized spacial score (nSPS) is 14.7. The molecule has 1 aromatic carbocycles. The number of carbonyl (C=O) groups is 1. The van der Waals surface area contributed by atoms with Gasteiger partial charge in [-0.2, -0.15) is 0 Å². The molecule has 94 valence electrons. The summed E-state index contributed by atoms with van der Waals surface area (Å²) in [4.78, 5) is 18.6. The van der Waals surface area contributed by atoms with Gasteiger partial charge in [0, 0.05) is 6.04 Å². The number of anilines is 1. The lowest BCUT2D eigenvalue weighted by Gasteiger charge is -2.03. The largest absolute Gasteiger partial charge is 0.352 e. The van der Waals surface area contributed by atoms with E-state index in [2.05, 4.69) is 20.6 Å². The second kappa shape index (κ2) is 4.29. The maximum atomic E-state index is 13.0. The average molecular weight is 248 g/mol. The summed E-state index contributed by atoms with van der Waals surface area (Å²) in [5.41, 5.74) is 1.28. The first-order chi connectivity index (χ1) is 8.70. The summed E-state index contributed by atoms with van der Waals surface area (Å²) >= 11 is 0. The molecule has 1 aliphatic carbocycles. The molecule has 1 aromatic heterocycles. The van der Waals surface area contributed by atoms with Crippen LogP contribution in [0.5, 0.6) is 0 Å². The Balaban J connectivity index is 1.64. The second-order valence-electron chi connectivity index (χ2n) is 4.44. The van der Waals surface area contributed by atoms with Gasteiger partial charge in [-0.05, 0) is 31.0 Å². The van der Waals surface area contributed by atoms with Crippen molar-refractivity contribution in [2.45, 2.75) is 18.9 Å². The molecule has 6 heteroatoms. The van der Waals surface area contributed by atoms with E-state index in [4.69, 9.17) is 0 Å². The molecule has 0 saturated heterocycles. The average Bonchev–Trinajstić information content (AvgIpc) is 3.04. The third-order valence-electron chi connectivity index (χ3n) is 2.80. The van der Waals surface area contributed by atoms with Crippen LogP contribution in [0.3, 0.4) is 0 Å². The van der Waals surface area contributed by atoms with Crippen molar-refractivity contribution in [2.75, 3.05) is 11.9 Å². The molecule has 0 atom stereocenters. The number of nitrogens with zero attached hydrogens (tertiary/aromatic N) is 1. The molecule has 0 radical (unpaired) electrons. The van der Waals surface area contributed by atoms with Crippen molar-refractivity contribution in [3.05, 3.63) is 24.0 Å². The number of amides is 1. The third kappa shape index (κ3) is 2.42. The number of imidazole rings is 1. The monoisotopic (exact) mass is 248 g/mol. The van der Waals surface area contributed by atoms with Crippen LogP contribution in [0.25, 0.3) is 11.0 Å². The molecule has 3 rings (SSSR count). The first-order valence-corrected chi connectivity index (χ1v) is 5.89. The number of H-pyrrole nitrogens is 1. The SMILES string of the molecule is O=C(CNc1nc2ccc(F)cc2[nH]1)NC1CC1. The van der Waals surface area contributed by atoms with E-state index in [1.165, 1.54) is 12.1 Å². The van der Waals surface area contributed by atoms with E-state index in [-0.39, 0.29) is 18.3 Å². The van der Waals surface area contributed by atoms with Gasteiger partial charge in [0.05, 0.1) is 17.6 Å². The van der Waals surface area contributed by atoms with Crippen molar-refractivity contribution in [3.8, 4) is 0 Å². The van der Waals surface area contributed by atoms with Gasteiger partial charge in [0.15, 0.2) is 0 Å². The predicted octanol–water partition coefficient (Wildman–Crippen LogP) is 1.39. The van der Waals surface area contributed by atoms with E-state index in [1.807, 2.05) is 0 Å². The van der Waals surface area contributed by atoms with E-state index in [9.17, 15) is 9.18 Å². The minimum atomic E-state index is -0.316. The van der Waals surface area contributed by atoms with E-state index < -0.39 is 0 Å². The molecule has 1 saturated carbocycles. The molecule has 0 unspecified atom stereocenters. The van der Waals surface area contributed by atoms with Crippen LogP contribution in [-0.2, 0) is 4.79 Å². The molecule has 1 aliphatic rings. The maximum absolute atomic E-state index is 13.0. The van der Waals surface area contributed by atoms with Gasteiger partial charge in [0.25, 0.3) is 0 Å². The van der Waals surface area contributed by atoms with Crippen molar-refractivity contribution in [3.63, 3.8) is 0 Å². The highest BCUT2D eigenvalue weighted by Crippen LogP contribution is 2.18. The van der Waals surface area contributed by atoms with Crippen LogP contribution in [-0.4, -0.2) is 28.5 Å². The van der Waals surface area contributed by atoms with Crippen molar-refractivity contribution in [1.29, 1.82) is 0 Å². The third-order valence-corrected chi connectivity index (χ3v) is 2.80. The number of halogens is 1. The van der Waals surface area contributed by atoms with Crippen molar-refractivity contribution < 1.29 is 9.18 Å². The number of nitrogens with one attached hydrogen (secondary N) is 3. The fourth-order valence-electron chi connectivity index (χ4n) is 1.74. The van der Waals surface area contributed by atoms with E-state index >= 15 is 0 Å². The fourth-order valence-corrected chi connectivity index (χ4v) is 1.74. The molecule has 0 aliphatic heterocycles. The zero-order valence-electron chi connectivity index (χ0n) is 9.66. The van der Waals surface area contributed by atoms with Gasteiger partial charge in [-0.3, -0.25) is 4.79 Å². The quantitative estimate of drug-likeness (QED) is 0.765. The van der Waals surface area contributed by atoms with E-state index in [1.54, 1.807) is 6.07 Å². The number of fused-ring (bicyclic) bond motifs is 1. The van der Waals surface area contributed by atoms with Gasteiger partial charge in [0.2, 0.25) is 11.9 Å². The zero-order valence-corrected chi connectivity index (χ0v) is 9.66. The number of hydrogen-bond donors (Lipinski definition) is 3. The minimum absolute atomic E-state index is 0.0517. The van der Waals surface area contributed by atoms with Crippen molar-refractivity contribution in [2.24, 2.45) is 0 Å². The Hall–Kier alpha value is -2.11. The van der Waals surface area contributed by atoms with Gasteiger partial charge in [-0.1, -0.05) is 0 Å². The number of rotatable bonds is 4. The molecule has 3 N–H and O–H groups in total. The summed E-state index contributed by atoms with van der Waals surface area (Å²) in [6.45, 7) is 0.165. The van der Waals surface area contributed by atoms with Crippen LogP contribution < -0.4 is 10.6 Å². The number of benzene rings is 1. The van der Waals surface area contributed by atoms with Crippen LogP contribution in [0, 0.1) is 5.82 Å². The Morgan fingerprint density at radius 3 is 3.11 bits per heavy atom. The lowest BCUT2D eigenvalue weighted by molar-refractivity contribution is -0.119. The Morgan fingerprint density at radius 2 is 2.33 bits per heavy atom. The molecule has 0 spiro atoms. The van der Waals surface area contributed by atoms with E-state index in [0.717, 1.165) is 12.8 Å². The maximum Gasteiger partial charge on any atom is 0.239 e. The standard InChI is InChI=1S/C12H13FN4O/c13-7-1-4-9-10(5-7)17-12(16-9)14-6-11(18)15-8-2-3-8/h1,4-5,8H,2-3,6H2,(H,15,18)(H2,14,16,17). The van der Waals surface area contributed by atoms with Crippen LogP contribution in [0.2, 0.25) is 0 Å². The van der Waals surface area contributed by atoms with Gasteiger partial charge >= 0.3 is 0 Å². The predicted molar refractivity (Wildman–Crippen MR) is 65.7 cm³/mol. The first-order valence-electron chi connectivity index (χ1n) is 5.89. The molecular weight excluding hydrogens is 235 g/mol.